The lowest BCUT2D eigenvalue weighted by Crippen LogP contribution is -2.42. The highest BCUT2D eigenvalue weighted by Gasteiger charge is 2.20. The molecule has 2 aromatic carbocycles. The van der Waals surface area contributed by atoms with Gasteiger partial charge in [0.05, 0.1) is 18.1 Å². The minimum Gasteiger partial charge on any atom is -0.378 e. The van der Waals surface area contributed by atoms with E-state index in [9.17, 15) is 8.42 Å². The lowest BCUT2D eigenvalue weighted by Gasteiger charge is -2.29. The number of sulfonamides is 1. The predicted molar refractivity (Wildman–Crippen MR) is 98.3 cm³/mol. The summed E-state index contributed by atoms with van der Waals surface area (Å²) in [7, 11) is -3.74. The second-order valence-corrected chi connectivity index (χ2v) is 7.66. The number of hydrogen-bond donors (Lipinski definition) is 0. The van der Waals surface area contributed by atoms with Crippen LogP contribution in [0.15, 0.2) is 63.9 Å². The van der Waals surface area contributed by atoms with Gasteiger partial charge in [-0.1, -0.05) is 48.0 Å². The van der Waals surface area contributed by atoms with Crippen molar-refractivity contribution >= 4 is 15.9 Å². The zero-order valence-corrected chi connectivity index (χ0v) is 15.1. The van der Waals surface area contributed by atoms with Gasteiger partial charge < -0.3 is 9.64 Å². The van der Waals surface area contributed by atoms with E-state index in [1.165, 1.54) is 0 Å². The monoisotopic (exact) mass is 358 g/mol. The Morgan fingerprint density at radius 3 is 2.32 bits per heavy atom. The third-order valence-electron chi connectivity index (χ3n) is 4.13. The summed E-state index contributed by atoms with van der Waals surface area (Å²) in [4.78, 5) is 2.22. The van der Waals surface area contributed by atoms with Crippen molar-refractivity contribution < 1.29 is 13.2 Å². The second kappa shape index (κ2) is 7.80. The van der Waals surface area contributed by atoms with Gasteiger partial charge in [0.1, 0.15) is 5.84 Å². The first-order valence-corrected chi connectivity index (χ1v) is 9.76. The zero-order chi connectivity index (χ0) is 17.7. The van der Waals surface area contributed by atoms with Crippen molar-refractivity contribution in [3.63, 3.8) is 0 Å². The molecule has 0 atom stereocenters. The van der Waals surface area contributed by atoms with Crippen molar-refractivity contribution in [2.24, 2.45) is 4.40 Å². The third kappa shape index (κ3) is 4.67. The first-order valence-electron chi connectivity index (χ1n) is 8.32. The van der Waals surface area contributed by atoms with E-state index in [0.29, 0.717) is 38.6 Å². The molecular formula is C19H22N2O3S. The lowest BCUT2D eigenvalue weighted by molar-refractivity contribution is 0.0675. The molecule has 0 bridgehead atoms. The molecule has 0 unspecified atom stereocenters. The van der Waals surface area contributed by atoms with E-state index in [1.54, 1.807) is 24.3 Å². The van der Waals surface area contributed by atoms with Crippen molar-refractivity contribution in [3.8, 4) is 0 Å². The molecule has 25 heavy (non-hydrogen) atoms. The number of ether oxygens (including phenoxy) is 1. The number of aryl methyl sites for hydroxylation is 1. The van der Waals surface area contributed by atoms with Gasteiger partial charge in [0.15, 0.2) is 0 Å². The maximum absolute atomic E-state index is 12.7. The Labute approximate surface area is 149 Å². The summed E-state index contributed by atoms with van der Waals surface area (Å²) in [5.74, 6) is 0.565. The topological polar surface area (TPSA) is 59.0 Å². The van der Waals surface area contributed by atoms with Gasteiger partial charge in [0.2, 0.25) is 0 Å². The normalized spacial score (nSPS) is 16.0. The Balaban J connectivity index is 1.94. The van der Waals surface area contributed by atoms with Crippen molar-refractivity contribution in [1.82, 2.24) is 4.90 Å². The molecule has 0 amide bonds. The van der Waals surface area contributed by atoms with Gasteiger partial charge in [0.25, 0.3) is 10.0 Å². The fraction of sp³-hybridized carbons (Fsp3) is 0.316. The maximum atomic E-state index is 12.7. The maximum Gasteiger partial charge on any atom is 0.283 e. The van der Waals surface area contributed by atoms with Crippen LogP contribution in [0.3, 0.4) is 0 Å². The predicted octanol–water partition coefficient (Wildman–Crippen LogP) is 2.66. The van der Waals surface area contributed by atoms with E-state index < -0.39 is 10.0 Å². The quantitative estimate of drug-likeness (QED) is 0.623. The molecule has 0 aromatic heterocycles. The molecule has 1 aliphatic heterocycles. The van der Waals surface area contributed by atoms with Crippen LogP contribution in [-0.2, 0) is 21.2 Å². The van der Waals surface area contributed by atoms with Gasteiger partial charge in [-0.05, 0) is 24.6 Å². The smallest absolute Gasteiger partial charge is 0.283 e. The summed E-state index contributed by atoms with van der Waals surface area (Å²) in [5, 5.41) is 0. The van der Waals surface area contributed by atoms with E-state index in [1.807, 2.05) is 42.2 Å². The minimum atomic E-state index is -3.74. The largest absolute Gasteiger partial charge is 0.378 e. The first-order chi connectivity index (χ1) is 12.0. The Bertz CT molecular complexity index is 825. The Morgan fingerprint density at radius 1 is 1.04 bits per heavy atom. The van der Waals surface area contributed by atoms with Crippen LogP contribution in [0, 0.1) is 6.92 Å². The SMILES string of the molecule is Cc1ccc(S(=O)(=O)N=C(Cc2ccccc2)N2CCOCC2)cc1. The van der Waals surface area contributed by atoms with Crippen molar-refractivity contribution in [2.75, 3.05) is 26.3 Å². The highest BCUT2D eigenvalue weighted by molar-refractivity contribution is 7.90. The van der Waals surface area contributed by atoms with Gasteiger partial charge in [-0.2, -0.15) is 8.42 Å². The average Bonchev–Trinajstić information content (AvgIpc) is 2.63. The molecule has 1 aliphatic rings. The van der Waals surface area contributed by atoms with E-state index in [2.05, 4.69) is 4.40 Å². The molecule has 0 N–H and O–H groups in total. The molecular weight excluding hydrogens is 336 g/mol. The number of hydrogen-bond acceptors (Lipinski definition) is 3. The van der Waals surface area contributed by atoms with Crippen LogP contribution in [0.4, 0.5) is 0 Å². The standard InChI is InChI=1S/C19H22N2O3S/c1-16-7-9-18(10-8-16)25(22,23)20-19(21-11-13-24-14-12-21)15-17-5-3-2-4-6-17/h2-10H,11-15H2,1H3. The van der Waals surface area contributed by atoms with Crippen LogP contribution >= 0.6 is 0 Å². The fourth-order valence-electron chi connectivity index (χ4n) is 2.70. The summed E-state index contributed by atoms with van der Waals surface area (Å²) in [5.41, 5.74) is 2.05. The summed E-state index contributed by atoms with van der Waals surface area (Å²) in [6.45, 7) is 4.38. The second-order valence-electron chi connectivity index (χ2n) is 6.06. The molecule has 0 saturated carbocycles. The summed E-state index contributed by atoms with van der Waals surface area (Å²) >= 11 is 0. The molecule has 2 aromatic rings. The van der Waals surface area contributed by atoms with Crippen LogP contribution < -0.4 is 0 Å². The van der Waals surface area contributed by atoms with Crippen molar-refractivity contribution in [2.45, 2.75) is 18.2 Å². The number of morpholine rings is 1. The van der Waals surface area contributed by atoms with Gasteiger partial charge in [-0.3, -0.25) is 0 Å². The molecule has 3 rings (SSSR count). The lowest BCUT2D eigenvalue weighted by atomic mass is 10.1. The highest BCUT2D eigenvalue weighted by atomic mass is 32.2. The van der Waals surface area contributed by atoms with E-state index in [4.69, 9.17) is 4.74 Å². The van der Waals surface area contributed by atoms with Crippen LogP contribution in [0.1, 0.15) is 11.1 Å². The Hall–Kier alpha value is -2.18. The zero-order valence-electron chi connectivity index (χ0n) is 14.3. The number of amidine groups is 1. The molecule has 5 nitrogen and oxygen atoms in total. The molecule has 6 heteroatoms. The summed E-state index contributed by atoms with van der Waals surface area (Å²) in [6, 6.07) is 16.6. The molecule has 132 valence electrons. The van der Waals surface area contributed by atoms with E-state index in [-0.39, 0.29) is 4.90 Å². The molecule has 0 radical (unpaired) electrons. The first kappa shape index (κ1) is 17.6. The van der Waals surface area contributed by atoms with Gasteiger partial charge >= 0.3 is 0 Å². The number of nitrogens with zero attached hydrogens (tertiary/aromatic N) is 2. The van der Waals surface area contributed by atoms with Crippen LogP contribution in [0.25, 0.3) is 0 Å². The van der Waals surface area contributed by atoms with Crippen LogP contribution in [-0.4, -0.2) is 45.5 Å². The van der Waals surface area contributed by atoms with Gasteiger partial charge in [-0.25, -0.2) is 0 Å². The number of benzene rings is 2. The minimum absolute atomic E-state index is 0.219. The Kier molecular flexibility index (Phi) is 5.50. The molecule has 1 saturated heterocycles. The summed E-state index contributed by atoms with van der Waals surface area (Å²) < 4.78 is 35.1. The third-order valence-corrected chi connectivity index (χ3v) is 5.44. The molecule has 0 aliphatic carbocycles. The number of rotatable bonds is 4. The van der Waals surface area contributed by atoms with Crippen molar-refractivity contribution in [3.05, 3.63) is 65.7 Å². The fourth-order valence-corrected chi connectivity index (χ4v) is 3.75. The Morgan fingerprint density at radius 2 is 1.68 bits per heavy atom. The highest BCUT2D eigenvalue weighted by Crippen LogP contribution is 2.16. The van der Waals surface area contributed by atoms with Gasteiger partial charge in [0, 0.05) is 19.5 Å². The van der Waals surface area contributed by atoms with Crippen LogP contribution in [0.5, 0.6) is 0 Å². The molecule has 1 fully saturated rings. The molecule has 0 spiro atoms. The van der Waals surface area contributed by atoms with Crippen LogP contribution in [0.2, 0.25) is 0 Å². The van der Waals surface area contributed by atoms with Crippen molar-refractivity contribution in [1.29, 1.82) is 0 Å². The van der Waals surface area contributed by atoms with E-state index >= 15 is 0 Å². The molecule has 1 heterocycles. The van der Waals surface area contributed by atoms with Gasteiger partial charge in [-0.15, -0.1) is 4.40 Å². The van der Waals surface area contributed by atoms with E-state index in [0.717, 1.165) is 11.1 Å². The average molecular weight is 358 g/mol. The summed E-state index contributed by atoms with van der Waals surface area (Å²) in [6.07, 6.45) is 0.478.